The van der Waals surface area contributed by atoms with Crippen LogP contribution in [0.25, 0.3) is 0 Å². The van der Waals surface area contributed by atoms with Crippen LogP contribution < -0.4 is 5.32 Å². The van der Waals surface area contributed by atoms with E-state index in [4.69, 9.17) is 0 Å². The minimum Gasteiger partial charge on any atom is -0.353 e. The molecule has 5 nitrogen and oxygen atoms in total. The highest BCUT2D eigenvalue weighted by Crippen LogP contribution is 2.40. The van der Waals surface area contributed by atoms with Gasteiger partial charge in [0.1, 0.15) is 6.04 Å². The van der Waals surface area contributed by atoms with E-state index in [1.54, 1.807) is 6.92 Å². The largest absolute Gasteiger partial charge is 0.353 e. The molecule has 0 spiro atoms. The third-order valence-corrected chi connectivity index (χ3v) is 7.14. The van der Waals surface area contributed by atoms with Crippen LogP contribution in [0.2, 0.25) is 0 Å². The van der Waals surface area contributed by atoms with Crippen LogP contribution in [0.1, 0.15) is 51.9 Å². The zero-order chi connectivity index (χ0) is 16.9. The number of carbonyl (C=O) groups is 2. The van der Waals surface area contributed by atoms with E-state index in [1.807, 2.05) is 16.7 Å². The molecule has 0 aromatic heterocycles. The molecule has 3 fully saturated rings. The average Bonchev–Trinajstić information content (AvgIpc) is 3.25. The fraction of sp³-hybridized carbons (Fsp3) is 0.889. The zero-order valence-electron chi connectivity index (χ0n) is 14.8. The Labute approximate surface area is 149 Å². The summed E-state index contributed by atoms with van der Waals surface area (Å²) in [5.74, 6) is 1.40. The summed E-state index contributed by atoms with van der Waals surface area (Å²) in [5.41, 5.74) is 0. The minimum absolute atomic E-state index is 0.0372. The summed E-state index contributed by atoms with van der Waals surface area (Å²) in [4.78, 5) is 29.1. The fourth-order valence-electron chi connectivity index (χ4n) is 4.37. The summed E-state index contributed by atoms with van der Waals surface area (Å²) in [6.45, 7) is 5.54. The van der Waals surface area contributed by atoms with Gasteiger partial charge in [0, 0.05) is 25.8 Å². The Balaban J connectivity index is 1.53. The first-order chi connectivity index (χ1) is 11.7. The number of hydrogen-bond acceptors (Lipinski definition) is 4. The Morgan fingerprint density at radius 2 is 1.79 bits per heavy atom. The predicted octanol–water partition coefficient (Wildman–Crippen LogP) is 2.07. The molecular formula is C18H31N3O2S. The normalized spacial score (nSPS) is 29.1. The van der Waals surface area contributed by atoms with Crippen molar-refractivity contribution < 1.29 is 9.59 Å². The van der Waals surface area contributed by atoms with Crippen LogP contribution in [0.3, 0.4) is 0 Å². The van der Waals surface area contributed by atoms with Gasteiger partial charge in [-0.2, -0.15) is 0 Å². The van der Waals surface area contributed by atoms with Crippen molar-refractivity contribution in [1.82, 2.24) is 15.1 Å². The van der Waals surface area contributed by atoms with Crippen LogP contribution in [-0.4, -0.2) is 65.0 Å². The molecule has 2 amide bonds. The molecule has 6 heteroatoms. The molecule has 0 bridgehead atoms. The van der Waals surface area contributed by atoms with Gasteiger partial charge in [-0.05, 0) is 44.7 Å². The Morgan fingerprint density at radius 1 is 1.08 bits per heavy atom. The molecule has 0 aromatic rings. The van der Waals surface area contributed by atoms with Crippen molar-refractivity contribution in [2.75, 3.05) is 31.9 Å². The number of rotatable bonds is 5. The van der Waals surface area contributed by atoms with Crippen LogP contribution in [0.15, 0.2) is 0 Å². The molecule has 3 rings (SSSR count). The lowest BCUT2D eigenvalue weighted by Gasteiger charge is -2.34. The van der Waals surface area contributed by atoms with Gasteiger partial charge < -0.3 is 15.1 Å². The van der Waals surface area contributed by atoms with E-state index < -0.39 is 0 Å². The van der Waals surface area contributed by atoms with Gasteiger partial charge in [0.15, 0.2) is 0 Å². The number of thioether (sulfide) groups is 1. The average molecular weight is 354 g/mol. The van der Waals surface area contributed by atoms with Gasteiger partial charge in [-0.3, -0.25) is 9.59 Å². The van der Waals surface area contributed by atoms with Gasteiger partial charge in [-0.25, -0.2) is 0 Å². The number of hydrogen-bond donors (Lipinski definition) is 1. The quantitative estimate of drug-likeness (QED) is 0.822. The van der Waals surface area contributed by atoms with Crippen LogP contribution in [0, 0.1) is 5.92 Å². The molecule has 1 N–H and O–H groups in total. The first-order valence-electron chi connectivity index (χ1n) is 9.57. The summed E-state index contributed by atoms with van der Waals surface area (Å²) in [6, 6.07) is -0.280. The second kappa shape index (κ2) is 8.56. The monoisotopic (exact) mass is 353 g/mol. The van der Waals surface area contributed by atoms with E-state index in [2.05, 4.69) is 10.2 Å². The zero-order valence-corrected chi connectivity index (χ0v) is 15.7. The van der Waals surface area contributed by atoms with E-state index in [0.717, 1.165) is 25.4 Å². The lowest BCUT2D eigenvalue weighted by molar-refractivity contribution is -0.139. The Kier molecular flexibility index (Phi) is 6.44. The summed E-state index contributed by atoms with van der Waals surface area (Å²) >= 11 is 1.81. The van der Waals surface area contributed by atoms with E-state index in [-0.39, 0.29) is 23.2 Å². The van der Waals surface area contributed by atoms with Crippen LogP contribution in [0.5, 0.6) is 0 Å². The van der Waals surface area contributed by atoms with E-state index in [9.17, 15) is 9.59 Å². The second-order valence-corrected chi connectivity index (χ2v) is 8.55. The molecule has 136 valence electrons. The van der Waals surface area contributed by atoms with Crippen molar-refractivity contribution in [1.29, 1.82) is 0 Å². The maximum atomic E-state index is 12.6. The summed E-state index contributed by atoms with van der Waals surface area (Å²) < 4.78 is 0. The molecule has 2 heterocycles. The Bertz CT molecular complexity index is 448. The molecule has 24 heavy (non-hydrogen) atoms. The van der Waals surface area contributed by atoms with Gasteiger partial charge in [0.25, 0.3) is 0 Å². The van der Waals surface area contributed by atoms with E-state index in [1.165, 1.54) is 44.9 Å². The van der Waals surface area contributed by atoms with E-state index >= 15 is 0 Å². The van der Waals surface area contributed by atoms with Gasteiger partial charge >= 0.3 is 0 Å². The summed E-state index contributed by atoms with van der Waals surface area (Å²) in [7, 11) is 0. The number of carbonyl (C=O) groups excluding carboxylic acids is 2. The van der Waals surface area contributed by atoms with Gasteiger partial charge in [-0.15, -0.1) is 11.8 Å². The van der Waals surface area contributed by atoms with Crippen molar-refractivity contribution in [3.05, 3.63) is 0 Å². The summed E-state index contributed by atoms with van der Waals surface area (Å²) in [5, 5.41) is 3.28. The topological polar surface area (TPSA) is 52.7 Å². The maximum Gasteiger partial charge on any atom is 0.243 e. The van der Waals surface area contributed by atoms with Crippen LogP contribution in [0.4, 0.5) is 0 Å². The minimum atomic E-state index is -0.280. The van der Waals surface area contributed by atoms with Gasteiger partial charge in [0.2, 0.25) is 11.8 Å². The van der Waals surface area contributed by atoms with Crippen molar-refractivity contribution in [3.63, 3.8) is 0 Å². The molecule has 0 aromatic carbocycles. The fourth-order valence-corrected chi connectivity index (χ4v) is 6.06. The predicted molar refractivity (Wildman–Crippen MR) is 97.8 cm³/mol. The van der Waals surface area contributed by atoms with Crippen molar-refractivity contribution in [2.24, 2.45) is 5.92 Å². The number of amides is 2. The van der Waals surface area contributed by atoms with Gasteiger partial charge in [0.05, 0.1) is 5.37 Å². The number of nitrogens with one attached hydrogen (secondary N) is 1. The third kappa shape index (κ3) is 4.26. The van der Waals surface area contributed by atoms with E-state index in [0.29, 0.717) is 12.5 Å². The van der Waals surface area contributed by atoms with Crippen molar-refractivity contribution in [2.45, 2.75) is 63.3 Å². The lowest BCUT2D eigenvalue weighted by atomic mass is 9.88. The molecule has 2 aliphatic heterocycles. The highest BCUT2D eigenvalue weighted by molar-refractivity contribution is 8.00. The van der Waals surface area contributed by atoms with Gasteiger partial charge in [-0.1, -0.05) is 19.3 Å². The standard InChI is InChI=1S/C18H31N3O2S/c1-14(22)21-16(13-24-18(21)15-7-3-2-4-8-15)17(23)19-9-12-20-10-5-6-11-20/h15-16,18H,2-13H2,1H3,(H,19,23). The SMILES string of the molecule is CC(=O)N1C(C(=O)NCCN2CCCC2)CSC1C1CCCCC1. The maximum absolute atomic E-state index is 12.6. The molecule has 2 unspecified atom stereocenters. The first-order valence-corrected chi connectivity index (χ1v) is 10.6. The molecule has 1 aliphatic carbocycles. The van der Waals surface area contributed by atoms with Crippen molar-refractivity contribution >= 4 is 23.6 Å². The molecular weight excluding hydrogens is 322 g/mol. The van der Waals surface area contributed by atoms with Crippen LogP contribution in [-0.2, 0) is 9.59 Å². The summed E-state index contributed by atoms with van der Waals surface area (Å²) in [6.07, 6.45) is 8.78. The number of likely N-dealkylation sites (tertiary alicyclic amines) is 1. The Hall–Kier alpha value is -0.750. The smallest absolute Gasteiger partial charge is 0.243 e. The van der Waals surface area contributed by atoms with Crippen molar-refractivity contribution in [3.8, 4) is 0 Å². The van der Waals surface area contributed by atoms with Crippen LogP contribution >= 0.6 is 11.8 Å². The Morgan fingerprint density at radius 3 is 2.46 bits per heavy atom. The molecule has 1 saturated carbocycles. The molecule has 2 saturated heterocycles. The molecule has 2 atom stereocenters. The highest BCUT2D eigenvalue weighted by Gasteiger charge is 2.43. The first kappa shape index (κ1) is 18.1. The third-order valence-electron chi connectivity index (χ3n) is 5.68. The molecule has 3 aliphatic rings. The second-order valence-electron chi connectivity index (χ2n) is 7.40. The molecule has 0 radical (unpaired) electrons. The number of nitrogens with zero attached hydrogens (tertiary/aromatic N) is 2. The highest BCUT2D eigenvalue weighted by atomic mass is 32.2. The lowest BCUT2D eigenvalue weighted by Crippen LogP contribution is -2.51.